The van der Waals surface area contributed by atoms with Gasteiger partial charge in [0.2, 0.25) is 0 Å². The van der Waals surface area contributed by atoms with Crippen molar-refractivity contribution in [3.63, 3.8) is 0 Å². The summed E-state index contributed by atoms with van der Waals surface area (Å²) in [5.41, 5.74) is 2.44. The summed E-state index contributed by atoms with van der Waals surface area (Å²) < 4.78 is 11.5. The van der Waals surface area contributed by atoms with Crippen LogP contribution in [-0.4, -0.2) is 19.8 Å². The number of hydrogen-bond donors (Lipinski definition) is 1. The van der Waals surface area contributed by atoms with Crippen molar-refractivity contribution < 1.29 is 9.47 Å². The number of ether oxygens (including phenoxy) is 2. The highest BCUT2D eigenvalue weighted by Gasteiger charge is 2.12. The van der Waals surface area contributed by atoms with Gasteiger partial charge in [0.05, 0.1) is 18.2 Å². The van der Waals surface area contributed by atoms with Crippen LogP contribution in [0.3, 0.4) is 0 Å². The maximum Gasteiger partial charge on any atom is 0.179 e. The Bertz CT molecular complexity index is 631. The van der Waals surface area contributed by atoms with Gasteiger partial charge >= 0.3 is 0 Å². The van der Waals surface area contributed by atoms with Crippen LogP contribution in [0.4, 0.5) is 0 Å². The molecule has 2 aromatic carbocycles. The van der Waals surface area contributed by atoms with Crippen molar-refractivity contribution in [3.8, 4) is 11.5 Å². The summed E-state index contributed by atoms with van der Waals surface area (Å²) in [5, 5.41) is 4.08. The van der Waals surface area contributed by atoms with Crippen LogP contribution in [0.25, 0.3) is 0 Å². The van der Waals surface area contributed by atoms with E-state index in [0.717, 1.165) is 43.7 Å². The highest BCUT2D eigenvalue weighted by molar-refractivity contribution is 6.32. The summed E-state index contributed by atoms with van der Waals surface area (Å²) in [6, 6.07) is 14.5. The SMILES string of the molecule is CCCCOc1c(Cl)cc(CNCCc2ccccc2)cc1OCC. The summed E-state index contributed by atoms with van der Waals surface area (Å²) in [6.45, 7) is 7.02. The van der Waals surface area contributed by atoms with E-state index in [1.165, 1.54) is 5.56 Å². The average Bonchev–Trinajstić information content (AvgIpc) is 2.62. The third-order valence-corrected chi connectivity index (χ3v) is 4.16. The molecule has 0 radical (unpaired) electrons. The molecule has 3 nitrogen and oxygen atoms in total. The van der Waals surface area contributed by atoms with E-state index < -0.39 is 0 Å². The van der Waals surface area contributed by atoms with Crippen LogP contribution < -0.4 is 14.8 Å². The Labute approximate surface area is 156 Å². The monoisotopic (exact) mass is 361 g/mol. The number of halogens is 1. The van der Waals surface area contributed by atoms with E-state index in [4.69, 9.17) is 21.1 Å². The van der Waals surface area contributed by atoms with Gasteiger partial charge in [-0.1, -0.05) is 55.3 Å². The fourth-order valence-electron chi connectivity index (χ4n) is 2.56. The molecule has 0 unspecified atom stereocenters. The molecule has 0 fully saturated rings. The largest absolute Gasteiger partial charge is 0.490 e. The van der Waals surface area contributed by atoms with E-state index in [0.29, 0.717) is 24.0 Å². The molecule has 0 aliphatic heterocycles. The van der Waals surface area contributed by atoms with Gasteiger partial charge in [-0.05, 0) is 49.6 Å². The quantitative estimate of drug-likeness (QED) is 0.554. The Morgan fingerprint density at radius 3 is 2.52 bits per heavy atom. The van der Waals surface area contributed by atoms with Crippen molar-refractivity contribution in [1.29, 1.82) is 0 Å². The van der Waals surface area contributed by atoms with Crippen LogP contribution in [0.15, 0.2) is 42.5 Å². The Morgan fingerprint density at radius 2 is 1.80 bits per heavy atom. The number of unbranched alkanes of at least 4 members (excludes halogenated alkanes) is 1. The van der Waals surface area contributed by atoms with Crippen LogP contribution in [0.2, 0.25) is 5.02 Å². The van der Waals surface area contributed by atoms with Gasteiger partial charge in [-0.3, -0.25) is 0 Å². The first kappa shape index (κ1) is 19.6. The minimum absolute atomic E-state index is 0.589. The fourth-order valence-corrected chi connectivity index (χ4v) is 2.84. The van der Waals surface area contributed by atoms with Gasteiger partial charge in [0.1, 0.15) is 0 Å². The van der Waals surface area contributed by atoms with E-state index >= 15 is 0 Å². The zero-order chi connectivity index (χ0) is 17.9. The van der Waals surface area contributed by atoms with E-state index in [2.05, 4.69) is 36.5 Å². The first-order chi connectivity index (χ1) is 12.2. The standard InChI is InChI=1S/C21H28ClNO2/c1-3-5-13-25-21-19(22)14-18(15-20(21)24-4-2)16-23-12-11-17-9-7-6-8-10-17/h6-10,14-15,23H,3-5,11-13,16H2,1-2H3. The first-order valence-electron chi connectivity index (χ1n) is 9.07. The maximum atomic E-state index is 6.43. The molecule has 1 N–H and O–H groups in total. The third-order valence-electron chi connectivity index (χ3n) is 3.88. The van der Waals surface area contributed by atoms with E-state index in [1.807, 2.05) is 25.1 Å². The van der Waals surface area contributed by atoms with Crippen molar-refractivity contribution in [1.82, 2.24) is 5.32 Å². The lowest BCUT2D eigenvalue weighted by molar-refractivity contribution is 0.272. The second-order valence-corrected chi connectivity index (χ2v) is 6.36. The summed E-state index contributed by atoms with van der Waals surface area (Å²) in [5.74, 6) is 1.39. The molecule has 0 aliphatic carbocycles. The molecule has 4 heteroatoms. The number of benzene rings is 2. The normalized spacial score (nSPS) is 10.7. The highest BCUT2D eigenvalue weighted by atomic mass is 35.5. The van der Waals surface area contributed by atoms with Gasteiger partial charge in [0, 0.05) is 6.54 Å². The summed E-state index contributed by atoms with van der Waals surface area (Å²) in [6.07, 6.45) is 3.10. The molecule has 0 saturated heterocycles. The molecular formula is C21H28ClNO2. The second-order valence-electron chi connectivity index (χ2n) is 5.95. The van der Waals surface area contributed by atoms with E-state index in [-0.39, 0.29) is 0 Å². The van der Waals surface area contributed by atoms with Crippen molar-refractivity contribution in [2.24, 2.45) is 0 Å². The van der Waals surface area contributed by atoms with Crippen molar-refractivity contribution in [2.45, 2.75) is 39.7 Å². The highest BCUT2D eigenvalue weighted by Crippen LogP contribution is 2.36. The zero-order valence-electron chi connectivity index (χ0n) is 15.2. The number of rotatable bonds is 11. The van der Waals surface area contributed by atoms with Crippen LogP contribution in [-0.2, 0) is 13.0 Å². The van der Waals surface area contributed by atoms with Crippen molar-refractivity contribution in [2.75, 3.05) is 19.8 Å². The summed E-state index contributed by atoms with van der Waals surface area (Å²) >= 11 is 6.43. The molecule has 0 spiro atoms. The van der Waals surface area contributed by atoms with Crippen LogP contribution in [0.5, 0.6) is 11.5 Å². The van der Waals surface area contributed by atoms with E-state index in [9.17, 15) is 0 Å². The third kappa shape index (κ3) is 6.60. The molecule has 2 rings (SSSR count). The number of hydrogen-bond acceptors (Lipinski definition) is 3. The lowest BCUT2D eigenvalue weighted by atomic mass is 10.1. The molecular weight excluding hydrogens is 334 g/mol. The molecule has 0 saturated carbocycles. The van der Waals surface area contributed by atoms with Crippen molar-refractivity contribution in [3.05, 3.63) is 58.6 Å². The van der Waals surface area contributed by atoms with Gasteiger partial charge < -0.3 is 14.8 Å². The van der Waals surface area contributed by atoms with Gasteiger partial charge in [-0.15, -0.1) is 0 Å². The molecule has 25 heavy (non-hydrogen) atoms. The van der Waals surface area contributed by atoms with E-state index in [1.54, 1.807) is 0 Å². The van der Waals surface area contributed by atoms with Crippen LogP contribution in [0, 0.1) is 0 Å². The predicted molar refractivity (Wildman–Crippen MR) is 105 cm³/mol. The summed E-state index contributed by atoms with van der Waals surface area (Å²) in [7, 11) is 0. The van der Waals surface area contributed by atoms with Gasteiger partial charge in [0.25, 0.3) is 0 Å². The Hall–Kier alpha value is -1.71. The molecule has 0 atom stereocenters. The second kappa shape index (κ2) is 11.0. The lowest BCUT2D eigenvalue weighted by Crippen LogP contribution is -2.16. The Balaban J connectivity index is 1.93. The Kier molecular flexibility index (Phi) is 8.64. The Morgan fingerprint density at radius 1 is 1.00 bits per heavy atom. The minimum Gasteiger partial charge on any atom is -0.490 e. The molecule has 0 amide bonds. The van der Waals surface area contributed by atoms with Gasteiger partial charge in [0.15, 0.2) is 11.5 Å². The zero-order valence-corrected chi connectivity index (χ0v) is 15.9. The average molecular weight is 362 g/mol. The molecule has 0 heterocycles. The molecule has 0 aromatic heterocycles. The van der Waals surface area contributed by atoms with Gasteiger partial charge in [-0.2, -0.15) is 0 Å². The van der Waals surface area contributed by atoms with Crippen molar-refractivity contribution >= 4 is 11.6 Å². The molecule has 136 valence electrons. The topological polar surface area (TPSA) is 30.5 Å². The van der Waals surface area contributed by atoms with Gasteiger partial charge in [-0.25, -0.2) is 0 Å². The summed E-state index contributed by atoms with van der Waals surface area (Å²) in [4.78, 5) is 0. The van der Waals surface area contributed by atoms with Crippen LogP contribution >= 0.6 is 11.6 Å². The lowest BCUT2D eigenvalue weighted by Gasteiger charge is -2.15. The minimum atomic E-state index is 0.589. The molecule has 0 aliphatic rings. The van der Waals surface area contributed by atoms with Crippen LogP contribution in [0.1, 0.15) is 37.8 Å². The fraction of sp³-hybridized carbons (Fsp3) is 0.429. The predicted octanol–water partition coefficient (Wildman–Crippen LogP) is 5.25. The molecule has 0 bridgehead atoms. The smallest absolute Gasteiger partial charge is 0.179 e. The molecule has 2 aromatic rings. The number of nitrogens with one attached hydrogen (secondary N) is 1. The maximum absolute atomic E-state index is 6.43. The first-order valence-corrected chi connectivity index (χ1v) is 9.45.